The van der Waals surface area contributed by atoms with Gasteiger partial charge in [0, 0.05) is 22.5 Å². The summed E-state index contributed by atoms with van der Waals surface area (Å²) in [6.45, 7) is 0. The van der Waals surface area contributed by atoms with E-state index in [0.29, 0.717) is 11.4 Å². The van der Waals surface area contributed by atoms with Gasteiger partial charge in [0.15, 0.2) is 0 Å². The lowest BCUT2D eigenvalue weighted by atomic mass is 10.1. The lowest BCUT2D eigenvalue weighted by Crippen LogP contribution is -2.16. The van der Waals surface area contributed by atoms with Gasteiger partial charge in [0.2, 0.25) is 0 Å². The molecule has 0 heterocycles. The number of rotatable bonds is 4. The fraction of sp³-hybridized carbons (Fsp3) is 0. The minimum atomic E-state index is -0.891. The van der Waals surface area contributed by atoms with Gasteiger partial charge in [-0.25, -0.2) is 0 Å². The molecule has 0 atom stereocenters. The fourth-order valence-corrected chi connectivity index (χ4v) is 2.42. The second kappa shape index (κ2) is 7.58. The molecule has 0 unspecified atom stereocenters. The normalized spacial score (nSPS) is 10.3. The number of benzene rings is 3. The van der Waals surface area contributed by atoms with Crippen LogP contribution in [-0.2, 0) is 0 Å². The van der Waals surface area contributed by atoms with Crippen LogP contribution in [0, 0.1) is 0 Å². The van der Waals surface area contributed by atoms with Crippen molar-refractivity contribution in [1.82, 2.24) is 0 Å². The maximum atomic E-state index is 12.1. The molecule has 3 aromatic carbocycles. The lowest BCUT2D eigenvalue weighted by molar-refractivity contribution is -0.317. The molecule has 3 aromatic rings. The highest BCUT2D eigenvalue weighted by atomic mass is 16.3. The van der Waals surface area contributed by atoms with Crippen LogP contribution >= 0.6 is 0 Å². The predicted octanol–water partition coefficient (Wildman–Crippen LogP) is 0.486. The minimum Gasteiger partial charge on any atom is -0.873 e. The third kappa shape index (κ3) is 3.80. The highest BCUT2D eigenvalue weighted by Crippen LogP contribution is 2.25. The molecule has 142 valence electrons. The molecule has 8 heteroatoms. The lowest BCUT2D eigenvalue weighted by Gasteiger charge is -2.21. The smallest absolute Gasteiger partial charge is 0.255 e. The Kier molecular flexibility index (Phi) is 5.03. The van der Waals surface area contributed by atoms with Gasteiger partial charge >= 0.3 is 0 Å². The van der Waals surface area contributed by atoms with E-state index in [1.54, 1.807) is 0 Å². The monoisotopic (exact) mass is 376 g/mol. The molecule has 2 amide bonds. The van der Waals surface area contributed by atoms with E-state index in [1.165, 1.54) is 48.5 Å². The molecule has 0 spiro atoms. The van der Waals surface area contributed by atoms with E-state index in [1.807, 2.05) is 0 Å². The van der Waals surface area contributed by atoms with Gasteiger partial charge in [-0.1, -0.05) is 36.4 Å². The first-order valence-corrected chi connectivity index (χ1v) is 8.03. The number of hydrogen-bond acceptors (Lipinski definition) is 6. The van der Waals surface area contributed by atoms with E-state index in [9.17, 15) is 30.0 Å². The van der Waals surface area contributed by atoms with Crippen LogP contribution in [0.3, 0.4) is 0 Å². The van der Waals surface area contributed by atoms with Crippen LogP contribution in [0.1, 0.15) is 20.7 Å². The van der Waals surface area contributed by atoms with Gasteiger partial charge in [0.1, 0.15) is 0 Å². The topological polar surface area (TPSA) is 150 Å². The molecule has 0 saturated heterocycles. The SMILES string of the molecule is O=C(Nc1ccc(NC(=O)c2cccc([O-])c2[O-])cc1)c1cccc([O-])c1[O-]. The van der Waals surface area contributed by atoms with Crippen LogP contribution < -0.4 is 31.1 Å². The van der Waals surface area contributed by atoms with E-state index in [0.717, 1.165) is 12.1 Å². The third-order valence-electron chi connectivity index (χ3n) is 3.85. The minimum absolute atomic E-state index is 0.273. The van der Waals surface area contributed by atoms with Crippen molar-refractivity contribution in [3.63, 3.8) is 0 Å². The van der Waals surface area contributed by atoms with Crippen molar-refractivity contribution in [2.24, 2.45) is 0 Å². The predicted molar refractivity (Wildman–Crippen MR) is 93.0 cm³/mol. The van der Waals surface area contributed by atoms with Crippen LogP contribution in [-0.4, -0.2) is 11.8 Å². The molecule has 0 bridgehead atoms. The molecular weight excluding hydrogens is 364 g/mol. The zero-order valence-electron chi connectivity index (χ0n) is 14.2. The van der Waals surface area contributed by atoms with Crippen molar-refractivity contribution in [3.8, 4) is 23.0 Å². The highest BCUT2D eigenvalue weighted by molar-refractivity contribution is 6.07. The Hall–Kier alpha value is -4.20. The summed E-state index contributed by atoms with van der Waals surface area (Å²) in [5.74, 6) is -4.79. The maximum Gasteiger partial charge on any atom is 0.255 e. The summed E-state index contributed by atoms with van der Waals surface area (Å²) in [4.78, 5) is 24.2. The van der Waals surface area contributed by atoms with Gasteiger partial charge in [0.05, 0.1) is 0 Å². The van der Waals surface area contributed by atoms with E-state index in [2.05, 4.69) is 10.6 Å². The van der Waals surface area contributed by atoms with Gasteiger partial charge in [-0.3, -0.25) is 9.59 Å². The Morgan fingerprint density at radius 1 is 0.571 bits per heavy atom. The van der Waals surface area contributed by atoms with Gasteiger partial charge in [-0.15, -0.1) is 23.0 Å². The zero-order valence-corrected chi connectivity index (χ0v) is 14.2. The van der Waals surface area contributed by atoms with Gasteiger partial charge in [0.25, 0.3) is 11.8 Å². The molecule has 0 radical (unpaired) electrons. The average molecular weight is 376 g/mol. The van der Waals surface area contributed by atoms with Gasteiger partial charge in [-0.2, -0.15) is 0 Å². The molecule has 0 aliphatic rings. The first kappa shape index (κ1) is 18.6. The van der Waals surface area contributed by atoms with Crippen molar-refractivity contribution in [2.75, 3.05) is 10.6 Å². The second-order valence-corrected chi connectivity index (χ2v) is 5.75. The molecular formula is C20H12N2O6-4. The number of anilines is 2. The van der Waals surface area contributed by atoms with Crippen LogP contribution in [0.15, 0.2) is 60.7 Å². The van der Waals surface area contributed by atoms with Gasteiger partial charge in [-0.05, 0) is 24.3 Å². The third-order valence-corrected chi connectivity index (χ3v) is 3.85. The number of carbonyl (C=O) groups excluding carboxylic acids is 2. The summed E-state index contributed by atoms with van der Waals surface area (Å²) in [5.41, 5.74) is 0.102. The molecule has 0 aliphatic heterocycles. The van der Waals surface area contributed by atoms with E-state index in [-0.39, 0.29) is 11.1 Å². The zero-order chi connectivity index (χ0) is 20.3. The standard InChI is InChI=1S/C20H16N2O6/c23-15-5-1-3-13(17(15)25)19(27)21-11-7-9-12(10-8-11)22-20(28)14-4-2-6-16(24)18(14)26/h1-10,23-26H,(H,21,27)(H,22,28)/p-4. The van der Waals surface area contributed by atoms with Crippen LogP contribution in [0.2, 0.25) is 0 Å². The van der Waals surface area contributed by atoms with Gasteiger partial charge < -0.3 is 31.1 Å². The Balaban J connectivity index is 1.70. The van der Waals surface area contributed by atoms with Crippen molar-refractivity contribution in [1.29, 1.82) is 0 Å². The summed E-state index contributed by atoms with van der Waals surface area (Å²) in [6.07, 6.45) is 0. The Bertz CT molecular complexity index is 963. The molecule has 0 aromatic heterocycles. The van der Waals surface area contributed by atoms with E-state index >= 15 is 0 Å². The number of para-hydroxylation sites is 2. The van der Waals surface area contributed by atoms with Crippen molar-refractivity contribution in [3.05, 3.63) is 71.8 Å². The van der Waals surface area contributed by atoms with Crippen LogP contribution in [0.4, 0.5) is 11.4 Å². The number of amides is 2. The summed E-state index contributed by atoms with van der Waals surface area (Å²) in [5, 5.41) is 51.0. The number of hydrogen-bond donors (Lipinski definition) is 2. The average Bonchev–Trinajstić information content (AvgIpc) is 2.67. The summed E-state index contributed by atoms with van der Waals surface area (Å²) < 4.78 is 0. The largest absolute Gasteiger partial charge is 0.873 e. The fourth-order valence-electron chi connectivity index (χ4n) is 2.42. The molecule has 3 rings (SSSR count). The summed E-state index contributed by atoms with van der Waals surface area (Å²) in [7, 11) is 0. The maximum absolute atomic E-state index is 12.1. The Labute approximate surface area is 159 Å². The van der Waals surface area contributed by atoms with Crippen molar-refractivity contribution < 1.29 is 30.0 Å². The highest BCUT2D eigenvalue weighted by Gasteiger charge is 2.09. The molecule has 8 nitrogen and oxygen atoms in total. The molecule has 2 N–H and O–H groups in total. The number of nitrogens with one attached hydrogen (secondary N) is 2. The quantitative estimate of drug-likeness (QED) is 0.676. The summed E-state index contributed by atoms with van der Waals surface area (Å²) in [6, 6.07) is 13.1. The Morgan fingerprint density at radius 2 is 0.929 bits per heavy atom. The van der Waals surface area contributed by atoms with Crippen molar-refractivity contribution in [2.45, 2.75) is 0 Å². The molecule has 28 heavy (non-hydrogen) atoms. The molecule has 0 fully saturated rings. The summed E-state index contributed by atoms with van der Waals surface area (Å²) >= 11 is 0. The van der Waals surface area contributed by atoms with E-state index < -0.39 is 34.8 Å². The van der Waals surface area contributed by atoms with Crippen molar-refractivity contribution >= 4 is 23.2 Å². The first-order chi connectivity index (χ1) is 13.4. The first-order valence-electron chi connectivity index (χ1n) is 8.03. The molecule has 0 saturated carbocycles. The number of carbonyl (C=O) groups is 2. The van der Waals surface area contributed by atoms with E-state index in [4.69, 9.17) is 0 Å². The van der Waals surface area contributed by atoms with Crippen LogP contribution in [0.5, 0.6) is 23.0 Å². The molecule has 0 aliphatic carbocycles. The Morgan fingerprint density at radius 3 is 1.29 bits per heavy atom. The van der Waals surface area contributed by atoms with Crippen LogP contribution in [0.25, 0.3) is 0 Å². The second-order valence-electron chi connectivity index (χ2n) is 5.75.